The summed E-state index contributed by atoms with van der Waals surface area (Å²) in [7, 11) is 1.82. The number of hydrogen-bond donors (Lipinski definition) is 2. The minimum absolute atomic E-state index is 0.125. The minimum Gasteiger partial charge on any atom is -0.388 e. The number of amides is 1. The van der Waals surface area contributed by atoms with Crippen molar-refractivity contribution in [1.29, 1.82) is 0 Å². The van der Waals surface area contributed by atoms with Crippen LogP contribution in [0, 0.1) is 0 Å². The standard InChI is InChI=1S/C14H21N3O2/c1-14(2)9-11(5-7-19-14)17-13(18)12-8-10(15-3)4-6-16-12/h4,6,8,11H,5,7,9H2,1-3H3,(H,15,16)(H,17,18). The van der Waals surface area contributed by atoms with Crippen LogP contribution in [0.25, 0.3) is 0 Å². The molecule has 0 bridgehead atoms. The number of nitrogens with zero attached hydrogens (tertiary/aromatic N) is 1. The van der Waals surface area contributed by atoms with Crippen LogP contribution in [0.3, 0.4) is 0 Å². The van der Waals surface area contributed by atoms with Crippen molar-refractivity contribution in [3.8, 4) is 0 Å². The van der Waals surface area contributed by atoms with E-state index in [2.05, 4.69) is 15.6 Å². The molecule has 5 nitrogen and oxygen atoms in total. The summed E-state index contributed by atoms with van der Waals surface area (Å²) in [6.07, 6.45) is 3.31. The largest absolute Gasteiger partial charge is 0.388 e. The van der Waals surface area contributed by atoms with Gasteiger partial charge in [-0.2, -0.15) is 0 Å². The summed E-state index contributed by atoms with van der Waals surface area (Å²) < 4.78 is 5.64. The first kappa shape index (κ1) is 13.8. The van der Waals surface area contributed by atoms with Crippen LogP contribution in [-0.4, -0.2) is 36.2 Å². The van der Waals surface area contributed by atoms with E-state index in [1.807, 2.05) is 27.0 Å². The van der Waals surface area contributed by atoms with E-state index in [1.54, 1.807) is 12.3 Å². The lowest BCUT2D eigenvalue weighted by Gasteiger charge is -2.35. The molecule has 1 atom stereocenters. The van der Waals surface area contributed by atoms with Gasteiger partial charge in [0.15, 0.2) is 0 Å². The monoisotopic (exact) mass is 263 g/mol. The molecule has 0 radical (unpaired) electrons. The van der Waals surface area contributed by atoms with E-state index in [4.69, 9.17) is 4.74 Å². The van der Waals surface area contributed by atoms with Crippen LogP contribution in [0.15, 0.2) is 18.3 Å². The topological polar surface area (TPSA) is 63.2 Å². The molecular weight excluding hydrogens is 242 g/mol. The Labute approximate surface area is 113 Å². The predicted octanol–water partition coefficient (Wildman–Crippen LogP) is 1.81. The van der Waals surface area contributed by atoms with Gasteiger partial charge in [0.25, 0.3) is 5.91 Å². The normalized spacial score (nSPS) is 21.7. The van der Waals surface area contributed by atoms with Gasteiger partial charge >= 0.3 is 0 Å². The van der Waals surface area contributed by atoms with E-state index in [-0.39, 0.29) is 17.6 Å². The molecule has 19 heavy (non-hydrogen) atoms. The number of rotatable bonds is 3. The molecule has 2 rings (SSSR count). The molecule has 5 heteroatoms. The summed E-state index contributed by atoms with van der Waals surface area (Å²) in [6, 6.07) is 3.73. The molecule has 2 N–H and O–H groups in total. The van der Waals surface area contributed by atoms with E-state index in [0.717, 1.165) is 18.5 Å². The van der Waals surface area contributed by atoms with Crippen molar-refractivity contribution in [2.45, 2.75) is 38.3 Å². The minimum atomic E-state index is -0.170. The van der Waals surface area contributed by atoms with E-state index >= 15 is 0 Å². The Morgan fingerprint density at radius 1 is 1.53 bits per heavy atom. The number of nitrogens with one attached hydrogen (secondary N) is 2. The molecule has 0 aliphatic carbocycles. The Morgan fingerprint density at radius 3 is 3.00 bits per heavy atom. The molecule has 0 spiro atoms. The highest BCUT2D eigenvalue weighted by Gasteiger charge is 2.29. The van der Waals surface area contributed by atoms with Gasteiger partial charge in [0, 0.05) is 31.6 Å². The predicted molar refractivity (Wildman–Crippen MR) is 74.3 cm³/mol. The highest BCUT2D eigenvalue weighted by molar-refractivity contribution is 5.93. The molecule has 1 amide bonds. The van der Waals surface area contributed by atoms with Crippen molar-refractivity contribution in [3.05, 3.63) is 24.0 Å². The Morgan fingerprint density at radius 2 is 2.32 bits per heavy atom. The quantitative estimate of drug-likeness (QED) is 0.873. The molecule has 0 aromatic carbocycles. The molecule has 104 valence electrons. The fraction of sp³-hybridized carbons (Fsp3) is 0.571. The van der Waals surface area contributed by atoms with E-state index < -0.39 is 0 Å². The van der Waals surface area contributed by atoms with Crippen LogP contribution in [0.5, 0.6) is 0 Å². The van der Waals surface area contributed by atoms with Crippen molar-refractivity contribution in [3.63, 3.8) is 0 Å². The maximum Gasteiger partial charge on any atom is 0.270 e. The van der Waals surface area contributed by atoms with Crippen LogP contribution in [0.4, 0.5) is 5.69 Å². The summed E-state index contributed by atoms with van der Waals surface area (Å²) in [4.78, 5) is 16.3. The van der Waals surface area contributed by atoms with Gasteiger partial charge in [-0.1, -0.05) is 0 Å². The van der Waals surface area contributed by atoms with Crippen LogP contribution >= 0.6 is 0 Å². The van der Waals surface area contributed by atoms with Crippen LogP contribution in [-0.2, 0) is 4.74 Å². The molecule has 1 unspecified atom stereocenters. The lowest BCUT2D eigenvalue weighted by atomic mass is 9.94. The van der Waals surface area contributed by atoms with Gasteiger partial charge in [-0.05, 0) is 38.8 Å². The summed E-state index contributed by atoms with van der Waals surface area (Å²) in [5, 5.41) is 6.03. The number of aromatic nitrogens is 1. The van der Waals surface area contributed by atoms with Crippen LogP contribution in [0.2, 0.25) is 0 Å². The van der Waals surface area contributed by atoms with Gasteiger partial charge in [-0.15, -0.1) is 0 Å². The third-order valence-electron chi connectivity index (χ3n) is 3.31. The molecule has 1 fully saturated rings. The third-order valence-corrected chi connectivity index (χ3v) is 3.31. The second-order valence-electron chi connectivity index (χ2n) is 5.45. The Bertz CT molecular complexity index is 460. The van der Waals surface area contributed by atoms with Crippen molar-refractivity contribution in [2.24, 2.45) is 0 Å². The summed E-state index contributed by atoms with van der Waals surface area (Å²) in [5.74, 6) is -0.125. The SMILES string of the molecule is CNc1ccnc(C(=O)NC2CCOC(C)(C)C2)c1. The van der Waals surface area contributed by atoms with Crippen molar-refractivity contribution in [2.75, 3.05) is 19.0 Å². The fourth-order valence-corrected chi connectivity index (χ4v) is 2.32. The second kappa shape index (κ2) is 5.57. The first-order valence-corrected chi connectivity index (χ1v) is 6.59. The first-order valence-electron chi connectivity index (χ1n) is 6.59. The highest BCUT2D eigenvalue weighted by Crippen LogP contribution is 2.24. The Balaban J connectivity index is 2.00. The average molecular weight is 263 g/mol. The number of carbonyl (C=O) groups excluding carboxylic acids is 1. The lowest BCUT2D eigenvalue weighted by molar-refractivity contribution is -0.0615. The molecule has 1 aromatic heterocycles. The maximum absolute atomic E-state index is 12.1. The second-order valence-corrected chi connectivity index (χ2v) is 5.45. The maximum atomic E-state index is 12.1. The average Bonchev–Trinajstić information content (AvgIpc) is 2.37. The summed E-state index contributed by atoms with van der Waals surface area (Å²) in [5.41, 5.74) is 1.15. The Hall–Kier alpha value is -1.62. The van der Waals surface area contributed by atoms with Crippen molar-refractivity contribution < 1.29 is 9.53 Å². The number of carbonyl (C=O) groups is 1. The molecule has 0 saturated carbocycles. The number of hydrogen-bond acceptors (Lipinski definition) is 4. The summed E-state index contributed by atoms with van der Waals surface area (Å²) >= 11 is 0. The van der Waals surface area contributed by atoms with Crippen LogP contribution < -0.4 is 10.6 Å². The lowest BCUT2D eigenvalue weighted by Crippen LogP contribution is -2.46. The van der Waals surface area contributed by atoms with Gasteiger partial charge in [0.2, 0.25) is 0 Å². The Kier molecular flexibility index (Phi) is 4.04. The number of ether oxygens (including phenoxy) is 1. The molecular formula is C14H21N3O2. The zero-order chi connectivity index (χ0) is 13.9. The first-order chi connectivity index (χ1) is 9.00. The van der Waals surface area contributed by atoms with Gasteiger partial charge < -0.3 is 15.4 Å². The molecule has 1 aromatic rings. The summed E-state index contributed by atoms with van der Waals surface area (Å²) in [6.45, 7) is 4.78. The molecule has 1 aliphatic rings. The van der Waals surface area contributed by atoms with E-state index in [9.17, 15) is 4.79 Å². The zero-order valence-corrected chi connectivity index (χ0v) is 11.7. The van der Waals surface area contributed by atoms with Gasteiger partial charge in [0.1, 0.15) is 5.69 Å². The van der Waals surface area contributed by atoms with Gasteiger partial charge in [-0.25, -0.2) is 0 Å². The number of pyridine rings is 1. The zero-order valence-electron chi connectivity index (χ0n) is 11.7. The molecule has 1 saturated heterocycles. The van der Waals surface area contributed by atoms with Crippen LogP contribution in [0.1, 0.15) is 37.2 Å². The van der Waals surface area contributed by atoms with Crippen molar-refractivity contribution in [1.82, 2.24) is 10.3 Å². The van der Waals surface area contributed by atoms with E-state index in [1.165, 1.54) is 0 Å². The van der Waals surface area contributed by atoms with E-state index in [0.29, 0.717) is 12.3 Å². The molecule has 1 aliphatic heterocycles. The van der Waals surface area contributed by atoms with Crippen molar-refractivity contribution >= 4 is 11.6 Å². The van der Waals surface area contributed by atoms with Gasteiger partial charge in [-0.3, -0.25) is 9.78 Å². The highest BCUT2D eigenvalue weighted by atomic mass is 16.5. The smallest absolute Gasteiger partial charge is 0.270 e. The fourth-order valence-electron chi connectivity index (χ4n) is 2.32. The third kappa shape index (κ3) is 3.67. The number of anilines is 1. The molecule has 2 heterocycles. The van der Waals surface area contributed by atoms with Gasteiger partial charge in [0.05, 0.1) is 5.60 Å².